The Bertz CT molecular complexity index is 860. The van der Waals surface area contributed by atoms with Crippen molar-refractivity contribution in [3.8, 4) is 0 Å². The summed E-state index contributed by atoms with van der Waals surface area (Å²) >= 11 is 1.30. The van der Waals surface area contributed by atoms with Gasteiger partial charge in [0.15, 0.2) is 6.61 Å². The van der Waals surface area contributed by atoms with Crippen LogP contribution < -0.4 is 10.2 Å². The summed E-state index contributed by atoms with van der Waals surface area (Å²) in [6, 6.07) is 8.62. The van der Waals surface area contributed by atoms with E-state index in [9.17, 15) is 14.4 Å². The summed E-state index contributed by atoms with van der Waals surface area (Å²) in [6.45, 7) is 3.46. The summed E-state index contributed by atoms with van der Waals surface area (Å²) in [7, 11) is 3.73. The van der Waals surface area contributed by atoms with Gasteiger partial charge in [-0.1, -0.05) is 13.0 Å². The Morgan fingerprint density at radius 2 is 1.82 bits per heavy atom. The SMILES string of the molecule is CCOC(=O)c1cc(CC)sc1NC(=O)COC(=O)c1cccc(N(C)C)c1. The lowest BCUT2D eigenvalue weighted by Gasteiger charge is -2.13. The molecule has 0 radical (unpaired) electrons. The number of benzene rings is 1. The lowest BCUT2D eigenvalue weighted by atomic mass is 10.2. The molecule has 2 rings (SSSR count). The average molecular weight is 404 g/mol. The number of esters is 2. The number of thiophene rings is 1. The first-order valence-electron chi connectivity index (χ1n) is 8.89. The minimum absolute atomic E-state index is 0.243. The molecule has 0 saturated heterocycles. The van der Waals surface area contributed by atoms with Crippen molar-refractivity contribution in [3.05, 3.63) is 46.3 Å². The van der Waals surface area contributed by atoms with Gasteiger partial charge in [-0.15, -0.1) is 11.3 Å². The average Bonchev–Trinajstić information content (AvgIpc) is 3.09. The second kappa shape index (κ2) is 9.89. The normalized spacial score (nSPS) is 10.3. The van der Waals surface area contributed by atoms with Gasteiger partial charge in [0.05, 0.1) is 17.7 Å². The van der Waals surface area contributed by atoms with E-state index in [-0.39, 0.29) is 6.61 Å². The third-order valence-corrected chi connectivity index (χ3v) is 5.01. The van der Waals surface area contributed by atoms with Crippen LogP contribution in [0.4, 0.5) is 10.7 Å². The zero-order valence-corrected chi connectivity index (χ0v) is 17.2. The topological polar surface area (TPSA) is 84.9 Å². The van der Waals surface area contributed by atoms with Gasteiger partial charge in [-0.3, -0.25) is 4.79 Å². The van der Waals surface area contributed by atoms with Crippen LogP contribution in [0.5, 0.6) is 0 Å². The second-order valence-electron chi connectivity index (χ2n) is 6.10. The summed E-state index contributed by atoms with van der Waals surface area (Å²) in [4.78, 5) is 39.3. The fraction of sp³-hybridized carbons (Fsp3) is 0.350. The third kappa shape index (κ3) is 5.56. The first-order chi connectivity index (χ1) is 13.3. The molecule has 0 saturated carbocycles. The molecule has 7 nitrogen and oxygen atoms in total. The van der Waals surface area contributed by atoms with Crippen LogP contribution in [0.15, 0.2) is 30.3 Å². The van der Waals surface area contributed by atoms with Gasteiger partial charge in [-0.05, 0) is 37.6 Å². The van der Waals surface area contributed by atoms with E-state index < -0.39 is 24.5 Å². The largest absolute Gasteiger partial charge is 0.462 e. The first kappa shape index (κ1) is 21.4. The molecule has 150 valence electrons. The lowest BCUT2D eigenvalue weighted by Crippen LogP contribution is -2.21. The Hall–Kier alpha value is -2.87. The van der Waals surface area contributed by atoms with Crippen LogP contribution in [0.2, 0.25) is 0 Å². The van der Waals surface area contributed by atoms with Crippen LogP contribution >= 0.6 is 11.3 Å². The number of hydrogen-bond donors (Lipinski definition) is 1. The molecule has 0 fully saturated rings. The molecule has 0 aliphatic heterocycles. The maximum atomic E-state index is 12.2. The summed E-state index contributed by atoms with van der Waals surface area (Å²) < 4.78 is 10.1. The maximum absolute atomic E-state index is 12.2. The fourth-order valence-electron chi connectivity index (χ4n) is 2.36. The van der Waals surface area contributed by atoms with Crippen molar-refractivity contribution in [1.82, 2.24) is 0 Å². The number of hydrogen-bond acceptors (Lipinski definition) is 7. The molecule has 1 N–H and O–H groups in total. The molecule has 8 heteroatoms. The highest BCUT2D eigenvalue weighted by Gasteiger charge is 2.19. The van der Waals surface area contributed by atoms with Crippen LogP contribution in [-0.2, 0) is 20.7 Å². The van der Waals surface area contributed by atoms with Crippen LogP contribution in [0.3, 0.4) is 0 Å². The standard InChI is InChI=1S/C20H24N2O5S/c1-5-15-11-16(20(25)26-6-2)18(28-15)21-17(23)12-27-19(24)13-8-7-9-14(10-13)22(3)4/h7-11H,5-6,12H2,1-4H3,(H,21,23). The molecule has 0 bridgehead atoms. The molecule has 1 aromatic carbocycles. The Morgan fingerprint density at radius 3 is 2.46 bits per heavy atom. The molecule has 0 unspecified atom stereocenters. The smallest absolute Gasteiger partial charge is 0.341 e. The van der Waals surface area contributed by atoms with Gasteiger partial charge in [-0.2, -0.15) is 0 Å². The van der Waals surface area contributed by atoms with Crippen LogP contribution in [0.1, 0.15) is 39.4 Å². The van der Waals surface area contributed by atoms with Gasteiger partial charge in [0.1, 0.15) is 5.00 Å². The minimum Gasteiger partial charge on any atom is -0.462 e. The summed E-state index contributed by atoms with van der Waals surface area (Å²) in [6.07, 6.45) is 0.726. The van der Waals surface area contributed by atoms with E-state index in [2.05, 4.69) is 5.32 Å². The molecule has 0 spiro atoms. The molecule has 1 amide bonds. The van der Waals surface area contributed by atoms with Gasteiger partial charge >= 0.3 is 11.9 Å². The molecule has 0 aliphatic carbocycles. The number of nitrogens with one attached hydrogen (secondary N) is 1. The van der Waals surface area contributed by atoms with Gasteiger partial charge in [0.2, 0.25) is 0 Å². The van der Waals surface area contributed by atoms with Crippen LogP contribution in [-0.4, -0.2) is 45.2 Å². The number of carbonyl (C=O) groups is 3. The highest BCUT2D eigenvalue weighted by molar-refractivity contribution is 7.16. The summed E-state index contributed by atoms with van der Waals surface area (Å²) in [5.74, 6) is -1.61. The molecular weight excluding hydrogens is 380 g/mol. The summed E-state index contributed by atoms with van der Waals surface area (Å²) in [5.41, 5.74) is 1.52. The van der Waals surface area contributed by atoms with E-state index in [4.69, 9.17) is 9.47 Å². The molecule has 0 atom stereocenters. The first-order valence-corrected chi connectivity index (χ1v) is 9.71. The van der Waals surface area contributed by atoms with Crippen LogP contribution in [0, 0.1) is 0 Å². The zero-order valence-electron chi connectivity index (χ0n) is 16.4. The molecule has 28 heavy (non-hydrogen) atoms. The van der Waals surface area contributed by atoms with E-state index in [1.54, 1.807) is 31.2 Å². The number of amides is 1. The Morgan fingerprint density at radius 1 is 1.07 bits per heavy atom. The van der Waals surface area contributed by atoms with Crippen molar-refractivity contribution in [3.63, 3.8) is 0 Å². The number of aryl methyl sites for hydroxylation is 1. The number of carbonyl (C=O) groups excluding carboxylic acids is 3. The number of ether oxygens (including phenoxy) is 2. The number of rotatable bonds is 8. The zero-order chi connectivity index (χ0) is 20.7. The van der Waals surface area contributed by atoms with E-state index in [0.717, 1.165) is 17.0 Å². The predicted octanol–water partition coefficient (Wildman–Crippen LogP) is 3.35. The predicted molar refractivity (Wildman–Crippen MR) is 109 cm³/mol. The highest BCUT2D eigenvalue weighted by Crippen LogP contribution is 2.29. The van der Waals surface area contributed by atoms with Crippen molar-refractivity contribution in [2.24, 2.45) is 0 Å². The van der Waals surface area contributed by atoms with Gasteiger partial charge in [-0.25, -0.2) is 9.59 Å². The van der Waals surface area contributed by atoms with Crippen molar-refractivity contribution in [2.45, 2.75) is 20.3 Å². The third-order valence-electron chi connectivity index (χ3n) is 3.81. The molecular formula is C20H24N2O5S. The number of anilines is 2. The van der Waals surface area contributed by atoms with Crippen molar-refractivity contribution < 1.29 is 23.9 Å². The van der Waals surface area contributed by atoms with Crippen molar-refractivity contribution >= 4 is 39.9 Å². The quantitative estimate of drug-likeness (QED) is 0.679. The van der Waals surface area contributed by atoms with Crippen molar-refractivity contribution in [1.29, 1.82) is 0 Å². The Labute approximate surface area is 168 Å². The maximum Gasteiger partial charge on any atom is 0.341 e. The van der Waals surface area contributed by atoms with E-state index >= 15 is 0 Å². The summed E-state index contributed by atoms with van der Waals surface area (Å²) in [5, 5.41) is 3.03. The van der Waals surface area contributed by atoms with Crippen molar-refractivity contribution in [2.75, 3.05) is 37.5 Å². The van der Waals surface area contributed by atoms with Crippen LogP contribution in [0.25, 0.3) is 0 Å². The van der Waals surface area contributed by atoms with E-state index in [1.165, 1.54) is 11.3 Å². The van der Waals surface area contributed by atoms with Gasteiger partial charge in [0.25, 0.3) is 5.91 Å². The molecule has 2 aromatic rings. The van der Waals surface area contributed by atoms with Gasteiger partial charge < -0.3 is 19.7 Å². The van der Waals surface area contributed by atoms with E-state index in [0.29, 0.717) is 16.1 Å². The van der Waals surface area contributed by atoms with Gasteiger partial charge in [0, 0.05) is 24.7 Å². The highest BCUT2D eigenvalue weighted by atomic mass is 32.1. The fourth-order valence-corrected chi connectivity index (χ4v) is 3.36. The number of nitrogens with zero attached hydrogens (tertiary/aromatic N) is 1. The molecule has 1 aromatic heterocycles. The Balaban J connectivity index is 2.01. The van der Waals surface area contributed by atoms with E-state index in [1.807, 2.05) is 32.0 Å². The molecule has 0 aliphatic rings. The lowest BCUT2D eigenvalue weighted by molar-refractivity contribution is -0.119. The Kier molecular flexibility index (Phi) is 7.57. The minimum atomic E-state index is -0.593. The second-order valence-corrected chi connectivity index (χ2v) is 7.24. The molecule has 1 heterocycles. The monoisotopic (exact) mass is 404 g/mol.